The molecule has 0 aliphatic carbocycles. The predicted molar refractivity (Wildman–Crippen MR) is 147 cm³/mol. The third kappa shape index (κ3) is 5.92. The maximum absolute atomic E-state index is 12.8. The Labute approximate surface area is 227 Å². The van der Waals surface area contributed by atoms with Crippen LogP contribution in [0.3, 0.4) is 0 Å². The second kappa shape index (κ2) is 10.9. The van der Waals surface area contributed by atoms with Crippen molar-refractivity contribution in [1.29, 1.82) is 0 Å². The van der Waals surface area contributed by atoms with Gasteiger partial charge in [-0.2, -0.15) is 4.98 Å². The van der Waals surface area contributed by atoms with Gasteiger partial charge in [0.2, 0.25) is 5.91 Å². The Balaban J connectivity index is 1.19. The maximum Gasteiger partial charge on any atom is 0.354 e. The average Bonchev–Trinajstić information content (AvgIpc) is 3.41. The molecule has 2 saturated heterocycles. The van der Waals surface area contributed by atoms with Crippen LogP contribution in [0.25, 0.3) is 5.69 Å². The van der Waals surface area contributed by atoms with E-state index < -0.39 is 11.2 Å². The van der Waals surface area contributed by atoms with Gasteiger partial charge in [-0.15, -0.1) is 0 Å². The van der Waals surface area contributed by atoms with E-state index in [0.29, 0.717) is 50.4 Å². The molecule has 0 saturated carbocycles. The van der Waals surface area contributed by atoms with Crippen LogP contribution in [0.15, 0.2) is 35.3 Å². The molecule has 12 nitrogen and oxygen atoms in total. The lowest BCUT2D eigenvalue weighted by molar-refractivity contribution is -0.137. The summed E-state index contributed by atoms with van der Waals surface area (Å²) in [5.74, 6) is 1.36. The summed E-state index contributed by atoms with van der Waals surface area (Å²) in [4.78, 5) is 47.7. The summed E-state index contributed by atoms with van der Waals surface area (Å²) in [7, 11) is 0. The molecule has 2 aromatic rings. The second-order valence-corrected chi connectivity index (χ2v) is 11.2. The SMILES string of the molecule is CC(C)(N)C(=O)N1CCN(C(=O)Nc2ccn(-c3ccc4c(c3)OCC(N3CC[C@@H](CN)C3)C4)c(=O)n2)CC1. The van der Waals surface area contributed by atoms with Crippen LogP contribution in [0.2, 0.25) is 0 Å². The summed E-state index contributed by atoms with van der Waals surface area (Å²) >= 11 is 0. The number of hydrogen-bond donors (Lipinski definition) is 3. The lowest BCUT2D eigenvalue weighted by atomic mass is 10.0. The average molecular weight is 539 g/mol. The lowest BCUT2D eigenvalue weighted by Crippen LogP contribution is -2.58. The van der Waals surface area contributed by atoms with Gasteiger partial charge >= 0.3 is 11.7 Å². The number of hydrogen-bond acceptors (Lipinski definition) is 8. The molecule has 1 aromatic heterocycles. The molecular formula is C27H38N8O4. The molecule has 2 atom stereocenters. The highest BCUT2D eigenvalue weighted by Crippen LogP contribution is 2.30. The summed E-state index contributed by atoms with van der Waals surface area (Å²) in [5.41, 5.74) is 12.1. The van der Waals surface area contributed by atoms with E-state index in [9.17, 15) is 14.4 Å². The number of carbonyl (C=O) groups excluding carboxylic acids is 2. The van der Waals surface area contributed by atoms with Crippen molar-refractivity contribution < 1.29 is 14.3 Å². The smallest absolute Gasteiger partial charge is 0.354 e. The van der Waals surface area contributed by atoms with Crippen LogP contribution in [0.5, 0.6) is 5.75 Å². The summed E-state index contributed by atoms with van der Waals surface area (Å²) in [6, 6.07) is 7.32. The van der Waals surface area contributed by atoms with Crippen LogP contribution < -0.4 is 27.2 Å². The summed E-state index contributed by atoms with van der Waals surface area (Å²) in [6.45, 7) is 8.27. The molecule has 3 aliphatic rings. The number of anilines is 1. The van der Waals surface area contributed by atoms with Gasteiger partial charge in [0, 0.05) is 51.0 Å². The first kappa shape index (κ1) is 27.1. The van der Waals surface area contributed by atoms with Crippen LogP contribution in [0.4, 0.5) is 10.6 Å². The van der Waals surface area contributed by atoms with Crippen LogP contribution in [0.1, 0.15) is 25.8 Å². The Morgan fingerprint density at radius 2 is 1.87 bits per heavy atom. The largest absolute Gasteiger partial charge is 0.492 e. The Morgan fingerprint density at radius 1 is 1.13 bits per heavy atom. The van der Waals surface area contributed by atoms with Gasteiger partial charge in [0.1, 0.15) is 18.2 Å². The fourth-order valence-corrected chi connectivity index (χ4v) is 5.49. The molecule has 1 aromatic carbocycles. The Hall–Kier alpha value is -3.48. The normalized spacial score (nSPS) is 21.8. The van der Waals surface area contributed by atoms with E-state index in [1.807, 2.05) is 18.2 Å². The molecule has 4 heterocycles. The zero-order chi connectivity index (χ0) is 27.7. The van der Waals surface area contributed by atoms with Gasteiger partial charge in [0.05, 0.1) is 11.2 Å². The Bertz CT molecular complexity index is 1280. The molecule has 5 N–H and O–H groups in total. The molecule has 210 valence electrons. The van der Waals surface area contributed by atoms with E-state index in [4.69, 9.17) is 16.2 Å². The molecule has 0 radical (unpaired) electrons. The first-order valence-corrected chi connectivity index (χ1v) is 13.6. The van der Waals surface area contributed by atoms with E-state index >= 15 is 0 Å². The molecule has 3 amide bonds. The van der Waals surface area contributed by atoms with Crippen LogP contribution in [0, 0.1) is 5.92 Å². The molecule has 12 heteroatoms. The number of likely N-dealkylation sites (tertiary alicyclic amines) is 1. The van der Waals surface area contributed by atoms with E-state index in [1.165, 1.54) is 4.57 Å². The van der Waals surface area contributed by atoms with Crippen molar-refractivity contribution in [3.63, 3.8) is 0 Å². The van der Waals surface area contributed by atoms with Crippen molar-refractivity contribution in [3.05, 3.63) is 46.5 Å². The van der Waals surface area contributed by atoms with E-state index in [2.05, 4.69) is 15.2 Å². The molecule has 1 unspecified atom stereocenters. The maximum atomic E-state index is 12.8. The van der Waals surface area contributed by atoms with Crippen LogP contribution in [-0.4, -0.2) is 100 Å². The summed E-state index contributed by atoms with van der Waals surface area (Å²) < 4.78 is 7.53. The number of nitrogens with one attached hydrogen (secondary N) is 1. The van der Waals surface area contributed by atoms with Crippen molar-refractivity contribution >= 4 is 17.8 Å². The zero-order valence-electron chi connectivity index (χ0n) is 22.6. The first-order chi connectivity index (χ1) is 18.6. The number of aromatic nitrogens is 2. The van der Waals surface area contributed by atoms with Gasteiger partial charge in [-0.1, -0.05) is 6.07 Å². The number of amides is 3. The minimum Gasteiger partial charge on any atom is -0.492 e. The number of urea groups is 1. The summed E-state index contributed by atoms with van der Waals surface area (Å²) in [5, 5.41) is 2.69. The number of carbonyl (C=O) groups is 2. The third-order valence-electron chi connectivity index (χ3n) is 7.83. The van der Waals surface area contributed by atoms with Crippen LogP contribution >= 0.6 is 0 Å². The Morgan fingerprint density at radius 3 is 2.54 bits per heavy atom. The molecule has 0 spiro atoms. The van der Waals surface area contributed by atoms with Gasteiger partial charge in [0.25, 0.3) is 0 Å². The van der Waals surface area contributed by atoms with E-state index in [-0.39, 0.29) is 17.8 Å². The standard InChI is InChI=1S/C27H38N8O4/c1-27(2,29)24(36)32-9-11-33(12-10-32)25(37)30-23-6-8-35(26(38)31-23)20-4-3-19-13-21(17-39-22(19)14-20)34-7-5-18(15-28)16-34/h3-4,6,8,14,18,21H,5,7,9-13,15-17,28-29H2,1-2H3,(H,30,31,37,38)/t18-,21?/m0/s1. The third-order valence-corrected chi connectivity index (χ3v) is 7.83. The fourth-order valence-electron chi connectivity index (χ4n) is 5.49. The number of fused-ring (bicyclic) bond motifs is 1. The van der Waals surface area contributed by atoms with Gasteiger partial charge < -0.3 is 26.0 Å². The van der Waals surface area contributed by atoms with Crippen molar-refractivity contribution in [2.24, 2.45) is 17.4 Å². The number of nitrogens with zero attached hydrogens (tertiary/aromatic N) is 5. The first-order valence-electron chi connectivity index (χ1n) is 13.6. The number of ether oxygens (including phenoxy) is 1. The Kier molecular flexibility index (Phi) is 7.61. The minimum absolute atomic E-state index is 0.146. The highest BCUT2D eigenvalue weighted by molar-refractivity contribution is 5.89. The van der Waals surface area contributed by atoms with Crippen LogP contribution in [-0.2, 0) is 11.2 Å². The van der Waals surface area contributed by atoms with E-state index in [0.717, 1.165) is 43.8 Å². The topological polar surface area (TPSA) is 152 Å². The minimum atomic E-state index is -0.951. The molecule has 5 rings (SSSR count). The highest BCUT2D eigenvalue weighted by Gasteiger charge is 2.32. The molecule has 2 fully saturated rings. The second-order valence-electron chi connectivity index (χ2n) is 11.2. The van der Waals surface area contributed by atoms with E-state index in [1.54, 1.807) is 35.9 Å². The van der Waals surface area contributed by atoms with Crippen molar-refractivity contribution in [2.45, 2.75) is 38.3 Å². The zero-order valence-corrected chi connectivity index (χ0v) is 22.6. The summed E-state index contributed by atoms with van der Waals surface area (Å²) in [6.07, 6.45) is 3.63. The molecular weight excluding hydrogens is 500 g/mol. The van der Waals surface area contributed by atoms with Crippen molar-refractivity contribution in [1.82, 2.24) is 24.3 Å². The van der Waals surface area contributed by atoms with Crippen molar-refractivity contribution in [3.8, 4) is 11.4 Å². The quantitative estimate of drug-likeness (QED) is 0.489. The van der Waals surface area contributed by atoms with Gasteiger partial charge in [-0.3, -0.25) is 19.6 Å². The van der Waals surface area contributed by atoms with Gasteiger partial charge in [-0.05, 0) is 63.4 Å². The molecule has 3 aliphatic heterocycles. The van der Waals surface area contributed by atoms with Gasteiger partial charge in [0.15, 0.2) is 0 Å². The predicted octanol–water partition coefficient (Wildman–Crippen LogP) is 0.230. The highest BCUT2D eigenvalue weighted by atomic mass is 16.5. The number of benzene rings is 1. The molecule has 0 bridgehead atoms. The molecule has 39 heavy (non-hydrogen) atoms. The fraction of sp³-hybridized carbons (Fsp3) is 0.556. The van der Waals surface area contributed by atoms with Crippen molar-refractivity contribution in [2.75, 3.05) is 57.7 Å². The number of nitrogens with two attached hydrogens (primary N) is 2. The number of piperazine rings is 1. The number of rotatable bonds is 5. The lowest BCUT2D eigenvalue weighted by Gasteiger charge is -2.37. The monoisotopic (exact) mass is 538 g/mol. The van der Waals surface area contributed by atoms with Gasteiger partial charge in [-0.25, -0.2) is 9.59 Å².